The normalized spacial score (nSPS) is 10.8. The molecule has 1 N–H and O–H groups in total. The van der Waals surface area contributed by atoms with Crippen LogP contribution in [0.5, 0.6) is 0 Å². The van der Waals surface area contributed by atoms with Gasteiger partial charge in [0.25, 0.3) is 0 Å². The summed E-state index contributed by atoms with van der Waals surface area (Å²) in [4.78, 5) is 14.6. The molecule has 0 radical (unpaired) electrons. The van der Waals surface area contributed by atoms with Crippen molar-refractivity contribution in [3.63, 3.8) is 0 Å². The van der Waals surface area contributed by atoms with Crippen LogP contribution in [0.1, 0.15) is 5.56 Å². The van der Waals surface area contributed by atoms with Gasteiger partial charge < -0.3 is 4.98 Å². The molecule has 0 spiro atoms. The third-order valence-corrected chi connectivity index (χ3v) is 3.40. The number of nitrogens with one attached hydrogen (secondary N) is 1. The van der Waals surface area contributed by atoms with Crippen molar-refractivity contribution in [1.82, 2.24) is 4.98 Å². The Morgan fingerprint density at radius 2 is 1.74 bits per heavy atom. The van der Waals surface area contributed by atoms with Crippen molar-refractivity contribution >= 4 is 22.5 Å². The summed E-state index contributed by atoms with van der Waals surface area (Å²) in [6, 6.07) is 15.3. The predicted octanol–water partition coefficient (Wildman–Crippen LogP) is 4.16. The van der Waals surface area contributed by atoms with E-state index in [0.717, 1.165) is 22.0 Å². The van der Waals surface area contributed by atoms with E-state index in [0.29, 0.717) is 5.02 Å². The topological polar surface area (TPSA) is 32.9 Å². The minimum Gasteiger partial charge on any atom is -0.322 e. The maximum atomic E-state index is 11.8. The average molecular weight is 270 g/mol. The van der Waals surface area contributed by atoms with Crippen LogP contribution >= 0.6 is 11.6 Å². The van der Waals surface area contributed by atoms with Gasteiger partial charge in [-0.1, -0.05) is 47.5 Å². The first-order chi connectivity index (χ1) is 9.13. The molecule has 1 aromatic heterocycles. The van der Waals surface area contributed by atoms with Crippen molar-refractivity contribution in [3.05, 3.63) is 69.5 Å². The molecule has 0 aliphatic carbocycles. The van der Waals surface area contributed by atoms with Gasteiger partial charge in [0.1, 0.15) is 0 Å². The standard InChI is InChI=1S/C16H12ClNO/c1-10-2-4-11(5-3-10)14-9-16(19)18-15-8-12(17)6-7-13(14)15/h2-9H,1H3,(H,18,19). The zero-order valence-electron chi connectivity index (χ0n) is 10.4. The fourth-order valence-corrected chi connectivity index (χ4v) is 2.38. The van der Waals surface area contributed by atoms with Crippen LogP contribution < -0.4 is 5.56 Å². The van der Waals surface area contributed by atoms with Gasteiger partial charge in [0.05, 0.1) is 5.52 Å². The molecule has 19 heavy (non-hydrogen) atoms. The Balaban J connectivity index is 2.34. The summed E-state index contributed by atoms with van der Waals surface area (Å²) in [7, 11) is 0. The van der Waals surface area contributed by atoms with E-state index in [4.69, 9.17) is 11.6 Å². The SMILES string of the molecule is Cc1ccc(-c2cc(=O)[nH]c3cc(Cl)ccc23)cc1. The molecule has 94 valence electrons. The van der Waals surface area contributed by atoms with Crippen LogP contribution in [0.25, 0.3) is 22.0 Å². The number of H-pyrrole nitrogens is 1. The maximum absolute atomic E-state index is 11.8. The van der Waals surface area contributed by atoms with Gasteiger partial charge in [-0.3, -0.25) is 4.79 Å². The highest BCUT2D eigenvalue weighted by Crippen LogP contribution is 2.27. The van der Waals surface area contributed by atoms with Crippen molar-refractivity contribution in [2.45, 2.75) is 6.92 Å². The Kier molecular flexibility index (Phi) is 2.88. The second kappa shape index (κ2) is 4.56. The highest BCUT2D eigenvalue weighted by Gasteiger charge is 2.06. The average Bonchev–Trinajstić information content (AvgIpc) is 2.38. The second-order valence-corrected chi connectivity index (χ2v) is 5.04. The molecule has 0 saturated carbocycles. The number of halogens is 1. The summed E-state index contributed by atoms with van der Waals surface area (Å²) >= 11 is 5.97. The Labute approximate surface area is 115 Å². The lowest BCUT2D eigenvalue weighted by atomic mass is 10.0. The van der Waals surface area contributed by atoms with E-state index >= 15 is 0 Å². The van der Waals surface area contributed by atoms with E-state index < -0.39 is 0 Å². The third kappa shape index (κ3) is 2.27. The number of hydrogen-bond donors (Lipinski definition) is 1. The molecular weight excluding hydrogens is 258 g/mol. The summed E-state index contributed by atoms with van der Waals surface area (Å²) in [5.41, 5.74) is 3.79. The molecule has 2 nitrogen and oxygen atoms in total. The number of benzene rings is 2. The Morgan fingerprint density at radius 3 is 2.47 bits per heavy atom. The molecular formula is C16H12ClNO. The van der Waals surface area contributed by atoms with Gasteiger partial charge in [-0.15, -0.1) is 0 Å². The first-order valence-electron chi connectivity index (χ1n) is 6.03. The smallest absolute Gasteiger partial charge is 0.249 e. The second-order valence-electron chi connectivity index (χ2n) is 4.60. The lowest BCUT2D eigenvalue weighted by Gasteiger charge is -2.07. The van der Waals surface area contributed by atoms with Crippen molar-refractivity contribution in [3.8, 4) is 11.1 Å². The largest absolute Gasteiger partial charge is 0.322 e. The van der Waals surface area contributed by atoms with Gasteiger partial charge in [0, 0.05) is 16.5 Å². The third-order valence-electron chi connectivity index (χ3n) is 3.17. The van der Waals surface area contributed by atoms with Gasteiger partial charge in [0.15, 0.2) is 0 Å². The highest BCUT2D eigenvalue weighted by atomic mass is 35.5. The Morgan fingerprint density at radius 1 is 1.00 bits per heavy atom. The number of aryl methyl sites for hydroxylation is 1. The summed E-state index contributed by atoms with van der Waals surface area (Å²) < 4.78 is 0. The number of fused-ring (bicyclic) bond motifs is 1. The number of aromatic nitrogens is 1. The van der Waals surface area contributed by atoms with Crippen LogP contribution in [0, 0.1) is 6.92 Å². The monoisotopic (exact) mass is 269 g/mol. The van der Waals surface area contributed by atoms with Gasteiger partial charge in [-0.25, -0.2) is 0 Å². The van der Waals surface area contributed by atoms with E-state index in [-0.39, 0.29) is 5.56 Å². The fraction of sp³-hybridized carbons (Fsp3) is 0.0625. The number of hydrogen-bond acceptors (Lipinski definition) is 1. The molecule has 2 aromatic carbocycles. The minimum absolute atomic E-state index is 0.120. The van der Waals surface area contributed by atoms with Crippen LogP contribution in [0.3, 0.4) is 0 Å². The molecule has 0 aliphatic rings. The summed E-state index contributed by atoms with van der Waals surface area (Å²) in [5.74, 6) is 0. The molecule has 0 saturated heterocycles. The Hall–Kier alpha value is -2.06. The van der Waals surface area contributed by atoms with Crippen molar-refractivity contribution in [1.29, 1.82) is 0 Å². The molecule has 0 fully saturated rings. The van der Waals surface area contributed by atoms with E-state index in [1.54, 1.807) is 12.1 Å². The first-order valence-corrected chi connectivity index (χ1v) is 6.41. The van der Waals surface area contributed by atoms with Crippen LogP contribution in [0.2, 0.25) is 5.02 Å². The molecule has 0 amide bonds. The predicted molar refractivity (Wildman–Crippen MR) is 79.8 cm³/mol. The van der Waals surface area contributed by atoms with Gasteiger partial charge in [-0.05, 0) is 30.2 Å². The number of aromatic amines is 1. The fourth-order valence-electron chi connectivity index (χ4n) is 2.20. The van der Waals surface area contributed by atoms with Crippen LogP contribution in [-0.2, 0) is 0 Å². The van der Waals surface area contributed by atoms with Crippen LogP contribution in [0.15, 0.2) is 53.3 Å². The molecule has 3 aromatic rings. The Bertz CT molecular complexity index is 803. The van der Waals surface area contributed by atoms with E-state index in [1.165, 1.54) is 5.56 Å². The van der Waals surface area contributed by atoms with Crippen molar-refractivity contribution in [2.75, 3.05) is 0 Å². The molecule has 1 heterocycles. The zero-order valence-corrected chi connectivity index (χ0v) is 11.2. The molecule has 0 aliphatic heterocycles. The molecule has 0 atom stereocenters. The van der Waals surface area contributed by atoms with E-state index in [2.05, 4.69) is 4.98 Å². The minimum atomic E-state index is -0.120. The number of rotatable bonds is 1. The van der Waals surface area contributed by atoms with Gasteiger partial charge >= 0.3 is 0 Å². The van der Waals surface area contributed by atoms with Crippen molar-refractivity contribution in [2.24, 2.45) is 0 Å². The quantitative estimate of drug-likeness (QED) is 0.707. The lowest BCUT2D eigenvalue weighted by molar-refractivity contribution is 1.31. The summed E-state index contributed by atoms with van der Waals surface area (Å²) in [5, 5.41) is 1.61. The van der Waals surface area contributed by atoms with Crippen LogP contribution in [0.4, 0.5) is 0 Å². The summed E-state index contributed by atoms with van der Waals surface area (Å²) in [6.07, 6.45) is 0. The lowest BCUT2D eigenvalue weighted by Crippen LogP contribution is -2.04. The van der Waals surface area contributed by atoms with E-state index in [9.17, 15) is 4.79 Å². The number of pyridine rings is 1. The molecule has 3 heteroatoms. The summed E-state index contributed by atoms with van der Waals surface area (Å²) in [6.45, 7) is 2.04. The maximum Gasteiger partial charge on any atom is 0.249 e. The van der Waals surface area contributed by atoms with E-state index in [1.807, 2.05) is 43.3 Å². The molecule has 0 unspecified atom stereocenters. The highest BCUT2D eigenvalue weighted by molar-refractivity contribution is 6.31. The van der Waals surface area contributed by atoms with Crippen LogP contribution in [-0.4, -0.2) is 4.98 Å². The van der Waals surface area contributed by atoms with Crippen molar-refractivity contribution < 1.29 is 0 Å². The van der Waals surface area contributed by atoms with Gasteiger partial charge in [0.2, 0.25) is 5.56 Å². The zero-order chi connectivity index (χ0) is 13.4. The van der Waals surface area contributed by atoms with Gasteiger partial charge in [-0.2, -0.15) is 0 Å². The molecule has 3 rings (SSSR count). The molecule has 0 bridgehead atoms. The first kappa shape index (κ1) is 12.0.